The van der Waals surface area contributed by atoms with Gasteiger partial charge in [0, 0.05) is 10.6 Å². The molecule has 0 unspecified atom stereocenters. The van der Waals surface area contributed by atoms with E-state index in [1.165, 1.54) is 11.3 Å². The summed E-state index contributed by atoms with van der Waals surface area (Å²) in [6, 6.07) is 19.0. The Bertz CT molecular complexity index is 1150. The fraction of sp³-hybridized carbons (Fsp3) is 0.143. The summed E-state index contributed by atoms with van der Waals surface area (Å²) in [5, 5.41) is 3.89. The number of rotatable bonds is 5. The molecule has 0 atom stereocenters. The van der Waals surface area contributed by atoms with Gasteiger partial charge in [0.1, 0.15) is 16.0 Å². The molecule has 0 aliphatic heterocycles. The first-order valence-corrected chi connectivity index (χ1v) is 9.62. The van der Waals surface area contributed by atoms with Crippen LogP contribution in [0, 0.1) is 0 Å². The van der Waals surface area contributed by atoms with E-state index in [4.69, 9.17) is 9.15 Å². The molecule has 1 aliphatic carbocycles. The second-order valence-corrected chi connectivity index (χ2v) is 7.50. The Labute approximate surface area is 159 Å². The number of para-hydroxylation sites is 2. The first kappa shape index (κ1) is 16.1. The standard InChI is InChI=1S/C21H16N2O3S/c24-20-16-17(22-14-7-3-1-4-8-14)18(13-11-12-13)27-19(16)23-21(26-20)25-15-9-5-2-6-10-15/h1-10,13,22H,11-12H2. The van der Waals surface area contributed by atoms with Crippen LogP contribution in [0.1, 0.15) is 23.6 Å². The second-order valence-electron chi connectivity index (χ2n) is 6.47. The van der Waals surface area contributed by atoms with Gasteiger partial charge >= 0.3 is 11.7 Å². The quantitative estimate of drug-likeness (QED) is 0.487. The van der Waals surface area contributed by atoms with Crippen LogP contribution in [0.25, 0.3) is 10.2 Å². The van der Waals surface area contributed by atoms with Gasteiger partial charge in [-0.2, -0.15) is 4.98 Å². The largest absolute Gasteiger partial charge is 0.411 e. The molecule has 2 heterocycles. The van der Waals surface area contributed by atoms with Crippen molar-refractivity contribution < 1.29 is 9.15 Å². The van der Waals surface area contributed by atoms with Crippen LogP contribution < -0.4 is 15.7 Å². The van der Waals surface area contributed by atoms with Crippen LogP contribution in [0.2, 0.25) is 0 Å². The van der Waals surface area contributed by atoms with Crippen molar-refractivity contribution in [1.29, 1.82) is 0 Å². The van der Waals surface area contributed by atoms with Gasteiger partial charge in [-0.15, -0.1) is 11.3 Å². The SMILES string of the molecule is O=c1oc(Oc2ccccc2)nc2sc(C3CC3)c(Nc3ccccc3)c12. The van der Waals surface area contributed by atoms with Gasteiger partial charge in [0.2, 0.25) is 0 Å². The smallest absolute Gasteiger partial charge is 0.403 e. The van der Waals surface area contributed by atoms with Crippen molar-refractivity contribution in [2.24, 2.45) is 0 Å². The number of fused-ring (bicyclic) bond motifs is 1. The molecule has 1 fully saturated rings. The summed E-state index contributed by atoms with van der Waals surface area (Å²) in [6.45, 7) is 0. The van der Waals surface area contributed by atoms with E-state index in [-0.39, 0.29) is 6.08 Å². The highest BCUT2D eigenvalue weighted by atomic mass is 32.1. The zero-order valence-corrected chi connectivity index (χ0v) is 15.2. The Kier molecular flexibility index (Phi) is 3.90. The van der Waals surface area contributed by atoms with Crippen LogP contribution >= 0.6 is 11.3 Å². The van der Waals surface area contributed by atoms with Crippen LogP contribution in [-0.4, -0.2) is 4.98 Å². The van der Waals surface area contributed by atoms with E-state index in [1.54, 1.807) is 12.1 Å². The lowest BCUT2D eigenvalue weighted by Crippen LogP contribution is -2.04. The molecular formula is C21H16N2O3S. The number of nitrogens with one attached hydrogen (secondary N) is 1. The van der Waals surface area contributed by atoms with Gasteiger partial charge in [0.25, 0.3) is 0 Å². The van der Waals surface area contributed by atoms with Crippen molar-refractivity contribution in [3.8, 4) is 11.8 Å². The maximum Gasteiger partial charge on any atom is 0.403 e. The van der Waals surface area contributed by atoms with Crippen molar-refractivity contribution >= 4 is 32.9 Å². The average molecular weight is 376 g/mol. The molecule has 6 heteroatoms. The lowest BCUT2D eigenvalue weighted by molar-refractivity contribution is 0.307. The molecule has 0 bridgehead atoms. The molecule has 5 nitrogen and oxygen atoms in total. The Morgan fingerprint density at radius 2 is 1.74 bits per heavy atom. The van der Waals surface area contributed by atoms with Gasteiger partial charge in [-0.3, -0.25) is 0 Å². The third-order valence-corrected chi connectivity index (χ3v) is 5.68. The monoisotopic (exact) mass is 376 g/mol. The number of aromatic nitrogens is 1. The van der Waals surface area contributed by atoms with Crippen LogP contribution in [0.5, 0.6) is 11.8 Å². The summed E-state index contributed by atoms with van der Waals surface area (Å²) in [4.78, 5) is 19.0. The number of hydrogen-bond donors (Lipinski definition) is 1. The molecule has 0 spiro atoms. The average Bonchev–Trinajstić information content (AvgIpc) is 3.46. The first-order valence-electron chi connectivity index (χ1n) is 8.80. The molecule has 0 saturated heterocycles. The van der Waals surface area contributed by atoms with Crippen molar-refractivity contribution in [1.82, 2.24) is 4.98 Å². The van der Waals surface area contributed by atoms with Crippen molar-refractivity contribution in [2.45, 2.75) is 18.8 Å². The summed E-state index contributed by atoms with van der Waals surface area (Å²) < 4.78 is 11.0. The van der Waals surface area contributed by atoms with Crippen LogP contribution in [0.3, 0.4) is 0 Å². The van der Waals surface area contributed by atoms with Gasteiger partial charge in [0.05, 0.1) is 5.69 Å². The molecule has 0 amide bonds. The predicted octanol–water partition coefficient (Wildman–Crippen LogP) is 5.66. The highest BCUT2D eigenvalue weighted by Crippen LogP contribution is 2.50. The predicted molar refractivity (Wildman–Crippen MR) is 106 cm³/mol. The molecule has 134 valence electrons. The van der Waals surface area contributed by atoms with E-state index in [2.05, 4.69) is 10.3 Å². The molecule has 1 aliphatic rings. The summed E-state index contributed by atoms with van der Waals surface area (Å²) in [6.07, 6.45) is 2.23. The molecule has 5 rings (SSSR count). The van der Waals surface area contributed by atoms with Crippen molar-refractivity contribution in [2.75, 3.05) is 5.32 Å². The summed E-state index contributed by atoms with van der Waals surface area (Å²) in [5.74, 6) is 1.06. The van der Waals surface area contributed by atoms with Gasteiger partial charge in [-0.1, -0.05) is 36.4 Å². The minimum atomic E-state index is -0.437. The number of benzene rings is 2. The van der Waals surface area contributed by atoms with E-state index in [1.807, 2.05) is 48.5 Å². The Balaban J connectivity index is 1.59. The van der Waals surface area contributed by atoms with Gasteiger partial charge in [-0.05, 0) is 43.0 Å². The number of thiophene rings is 1. The fourth-order valence-corrected chi connectivity index (χ4v) is 4.27. The molecule has 0 radical (unpaired) electrons. The van der Waals surface area contributed by atoms with Gasteiger partial charge < -0.3 is 14.5 Å². The van der Waals surface area contributed by atoms with Crippen LogP contribution in [-0.2, 0) is 0 Å². The third kappa shape index (κ3) is 3.19. The minimum Gasteiger partial charge on any atom is -0.411 e. The topological polar surface area (TPSA) is 64.4 Å². The lowest BCUT2D eigenvalue weighted by Gasteiger charge is -2.07. The van der Waals surface area contributed by atoms with E-state index in [9.17, 15) is 4.79 Å². The molecule has 4 aromatic rings. The van der Waals surface area contributed by atoms with E-state index in [0.717, 1.165) is 29.1 Å². The number of hydrogen-bond acceptors (Lipinski definition) is 6. The number of anilines is 2. The van der Waals surface area contributed by atoms with Crippen LogP contribution in [0.15, 0.2) is 69.9 Å². The highest BCUT2D eigenvalue weighted by Gasteiger charge is 2.31. The second kappa shape index (κ2) is 6.55. The zero-order chi connectivity index (χ0) is 18.2. The highest BCUT2D eigenvalue weighted by molar-refractivity contribution is 7.19. The van der Waals surface area contributed by atoms with E-state index < -0.39 is 5.63 Å². The Hall–Kier alpha value is -3.12. The zero-order valence-electron chi connectivity index (χ0n) is 14.3. The minimum absolute atomic E-state index is 0.0337. The van der Waals surface area contributed by atoms with Crippen LogP contribution in [0.4, 0.5) is 11.4 Å². The molecule has 2 aromatic carbocycles. The molecule has 1 N–H and O–H groups in total. The lowest BCUT2D eigenvalue weighted by atomic mass is 10.2. The Morgan fingerprint density at radius 1 is 1.04 bits per heavy atom. The maximum atomic E-state index is 12.7. The molecular weight excluding hydrogens is 360 g/mol. The van der Waals surface area contributed by atoms with Crippen molar-refractivity contribution in [3.63, 3.8) is 0 Å². The summed E-state index contributed by atoms with van der Waals surface area (Å²) in [5.41, 5.74) is 1.31. The van der Waals surface area contributed by atoms with E-state index >= 15 is 0 Å². The number of nitrogens with zero attached hydrogens (tertiary/aromatic N) is 1. The fourth-order valence-electron chi connectivity index (χ4n) is 3.00. The summed E-state index contributed by atoms with van der Waals surface area (Å²) >= 11 is 1.54. The first-order chi connectivity index (χ1) is 13.3. The molecule has 1 saturated carbocycles. The van der Waals surface area contributed by atoms with Crippen molar-refractivity contribution in [3.05, 3.63) is 76.0 Å². The molecule has 27 heavy (non-hydrogen) atoms. The Morgan fingerprint density at radius 3 is 2.44 bits per heavy atom. The summed E-state index contributed by atoms with van der Waals surface area (Å²) in [7, 11) is 0. The third-order valence-electron chi connectivity index (χ3n) is 4.43. The normalized spacial score (nSPS) is 13.6. The number of ether oxygens (including phenoxy) is 1. The van der Waals surface area contributed by atoms with Gasteiger partial charge in [0.15, 0.2) is 0 Å². The van der Waals surface area contributed by atoms with E-state index in [0.29, 0.717) is 21.9 Å². The van der Waals surface area contributed by atoms with Gasteiger partial charge in [-0.25, -0.2) is 4.79 Å². The molecule has 2 aromatic heterocycles. The maximum absolute atomic E-state index is 12.7.